The van der Waals surface area contributed by atoms with Crippen LogP contribution in [0.5, 0.6) is 0 Å². The Morgan fingerprint density at radius 2 is 2.31 bits per heavy atom. The van der Waals surface area contributed by atoms with E-state index in [1.165, 1.54) is 0 Å². The molecule has 6 heteroatoms. The van der Waals surface area contributed by atoms with Gasteiger partial charge in [-0.15, -0.1) is 0 Å². The predicted molar refractivity (Wildman–Crippen MR) is 39.8 cm³/mol. The molecule has 0 spiro atoms. The number of carbonyl (C=O) groups excluding carboxylic acids is 1. The van der Waals surface area contributed by atoms with Crippen LogP contribution in [0.4, 0.5) is 0 Å². The number of rotatable bonds is 4. The molecule has 1 fully saturated rings. The van der Waals surface area contributed by atoms with Crippen molar-refractivity contribution in [2.45, 2.75) is 24.4 Å². The predicted octanol–water partition coefficient (Wildman–Crippen LogP) is -2.36. The van der Waals surface area contributed by atoms with Crippen molar-refractivity contribution in [2.24, 2.45) is 0 Å². The number of hydrogen-bond acceptors (Lipinski definition) is 6. The van der Waals surface area contributed by atoms with Crippen LogP contribution in [0.2, 0.25) is 0 Å². The van der Waals surface area contributed by atoms with Crippen LogP contribution in [0.25, 0.3) is 0 Å². The first-order valence-corrected chi connectivity index (χ1v) is 3.88. The lowest BCUT2D eigenvalue weighted by atomic mass is 10.1. The molecule has 1 rings (SSSR count). The van der Waals surface area contributed by atoms with Gasteiger partial charge < -0.3 is 24.8 Å². The number of aliphatic hydroxyl groups is 3. The van der Waals surface area contributed by atoms with Gasteiger partial charge in [0, 0.05) is 0 Å². The Labute approximate surface area is 74.7 Å². The highest BCUT2D eigenvalue weighted by molar-refractivity contribution is 5.36. The van der Waals surface area contributed by atoms with Crippen LogP contribution in [0.15, 0.2) is 0 Å². The third kappa shape index (κ3) is 2.38. The van der Waals surface area contributed by atoms with Crippen molar-refractivity contribution >= 4 is 6.47 Å². The molecule has 6 nitrogen and oxygen atoms in total. The molecular formula is C7H12O6. The summed E-state index contributed by atoms with van der Waals surface area (Å²) in [5.74, 6) is 0. The first-order valence-electron chi connectivity index (χ1n) is 3.88. The molecule has 3 N–H and O–H groups in total. The average molecular weight is 192 g/mol. The van der Waals surface area contributed by atoms with Crippen LogP contribution in [0, 0.1) is 0 Å². The molecule has 1 aliphatic heterocycles. The van der Waals surface area contributed by atoms with Gasteiger partial charge in [0.2, 0.25) is 0 Å². The number of hydrogen-bond donors (Lipinski definition) is 3. The van der Waals surface area contributed by atoms with Crippen LogP contribution in [-0.4, -0.2) is 59.4 Å². The number of carbonyl (C=O) groups is 1. The minimum absolute atomic E-state index is 0.0238. The smallest absolute Gasteiger partial charge is 0.293 e. The second-order valence-corrected chi connectivity index (χ2v) is 2.85. The Kier molecular flexibility index (Phi) is 3.61. The summed E-state index contributed by atoms with van der Waals surface area (Å²) in [6, 6.07) is 0. The minimum Gasteiger partial charge on any atom is -0.465 e. The highest BCUT2D eigenvalue weighted by Crippen LogP contribution is 2.17. The van der Waals surface area contributed by atoms with Crippen LogP contribution in [0.1, 0.15) is 0 Å². The maximum absolute atomic E-state index is 9.78. The summed E-state index contributed by atoms with van der Waals surface area (Å²) in [5.41, 5.74) is 0. The second kappa shape index (κ2) is 4.52. The Bertz CT molecular complexity index is 172. The zero-order valence-electron chi connectivity index (χ0n) is 6.87. The van der Waals surface area contributed by atoms with Gasteiger partial charge in [0.1, 0.15) is 31.0 Å². The van der Waals surface area contributed by atoms with Crippen molar-refractivity contribution in [2.75, 3.05) is 13.2 Å². The summed E-state index contributed by atoms with van der Waals surface area (Å²) >= 11 is 0. The summed E-state index contributed by atoms with van der Waals surface area (Å²) in [7, 11) is 0. The maximum atomic E-state index is 9.78. The summed E-state index contributed by atoms with van der Waals surface area (Å²) in [6.07, 6.45) is -4.13. The van der Waals surface area contributed by atoms with Crippen molar-refractivity contribution in [1.29, 1.82) is 0 Å². The molecule has 0 bridgehead atoms. The molecule has 1 aliphatic rings. The second-order valence-electron chi connectivity index (χ2n) is 2.85. The van der Waals surface area contributed by atoms with E-state index in [0.29, 0.717) is 0 Å². The summed E-state index contributed by atoms with van der Waals surface area (Å²) in [4.78, 5) is 9.78. The number of aliphatic hydroxyl groups excluding tert-OH is 3. The Balaban J connectivity index is 2.38. The van der Waals surface area contributed by atoms with Crippen molar-refractivity contribution < 1.29 is 29.6 Å². The summed E-state index contributed by atoms with van der Waals surface area (Å²) in [5, 5.41) is 27.6. The van der Waals surface area contributed by atoms with Gasteiger partial charge in [-0.1, -0.05) is 0 Å². The normalized spacial score (nSPS) is 35.8. The molecule has 13 heavy (non-hydrogen) atoms. The van der Waals surface area contributed by atoms with E-state index >= 15 is 0 Å². The molecule has 0 aromatic rings. The zero-order chi connectivity index (χ0) is 9.84. The SMILES string of the molecule is O=COCC(O)C1OCC(O)C1O. The maximum Gasteiger partial charge on any atom is 0.293 e. The van der Waals surface area contributed by atoms with Gasteiger partial charge in [-0.05, 0) is 0 Å². The quantitative estimate of drug-likeness (QED) is 0.431. The van der Waals surface area contributed by atoms with Crippen LogP contribution < -0.4 is 0 Å². The minimum atomic E-state index is -1.13. The highest BCUT2D eigenvalue weighted by Gasteiger charge is 2.39. The van der Waals surface area contributed by atoms with Crippen molar-refractivity contribution in [3.05, 3.63) is 0 Å². The molecule has 0 radical (unpaired) electrons. The zero-order valence-corrected chi connectivity index (χ0v) is 6.87. The van der Waals surface area contributed by atoms with Gasteiger partial charge in [-0.3, -0.25) is 4.79 Å². The van der Waals surface area contributed by atoms with Gasteiger partial charge in [-0.25, -0.2) is 0 Å². The van der Waals surface area contributed by atoms with Gasteiger partial charge in [0.25, 0.3) is 6.47 Å². The molecule has 1 heterocycles. The largest absolute Gasteiger partial charge is 0.465 e. The Morgan fingerprint density at radius 3 is 2.77 bits per heavy atom. The standard InChI is InChI=1S/C7H12O6/c8-3-12-1-5(10)7-6(11)4(9)2-13-7/h3-7,9-11H,1-2H2. The lowest BCUT2D eigenvalue weighted by molar-refractivity contribution is -0.136. The molecule has 1 saturated heterocycles. The highest BCUT2D eigenvalue weighted by atomic mass is 16.6. The van der Waals surface area contributed by atoms with Crippen molar-refractivity contribution in [3.8, 4) is 0 Å². The van der Waals surface area contributed by atoms with Crippen molar-refractivity contribution in [3.63, 3.8) is 0 Å². The summed E-state index contributed by atoms with van der Waals surface area (Å²) in [6.45, 7) is -0.0804. The molecule has 76 valence electrons. The van der Waals surface area contributed by atoms with Gasteiger partial charge in [0.05, 0.1) is 6.61 Å². The molecular weight excluding hydrogens is 180 g/mol. The van der Waals surface area contributed by atoms with E-state index in [1.54, 1.807) is 0 Å². The van der Waals surface area contributed by atoms with Gasteiger partial charge in [-0.2, -0.15) is 0 Å². The lowest BCUT2D eigenvalue weighted by Gasteiger charge is -2.19. The average Bonchev–Trinajstić information content (AvgIpc) is 2.44. The Morgan fingerprint density at radius 1 is 1.62 bits per heavy atom. The van der Waals surface area contributed by atoms with Gasteiger partial charge >= 0.3 is 0 Å². The van der Waals surface area contributed by atoms with Crippen LogP contribution >= 0.6 is 0 Å². The fourth-order valence-corrected chi connectivity index (χ4v) is 1.20. The number of ether oxygens (including phenoxy) is 2. The van der Waals surface area contributed by atoms with Crippen molar-refractivity contribution in [1.82, 2.24) is 0 Å². The molecule has 0 aliphatic carbocycles. The third-order valence-corrected chi connectivity index (χ3v) is 1.90. The molecule has 0 aromatic heterocycles. The van der Waals surface area contributed by atoms with Crippen LogP contribution in [0.3, 0.4) is 0 Å². The van der Waals surface area contributed by atoms with E-state index in [4.69, 9.17) is 9.84 Å². The third-order valence-electron chi connectivity index (χ3n) is 1.90. The molecule has 4 atom stereocenters. The fraction of sp³-hybridized carbons (Fsp3) is 0.857. The fourth-order valence-electron chi connectivity index (χ4n) is 1.20. The first kappa shape index (κ1) is 10.4. The van der Waals surface area contributed by atoms with E-state index in [2.05, 4.69) is 4.74 Å². The molecule has 0 saturated carbocycles. The topological polar surface area (TPSA) is 96.2 Å². The molecule has 4 unspecified atom stereocenters. The molecule has 0 amide bonds. The van der Waals surface area contributed by atoms with E-state index in [9.17, 15) is 15.0 Å². The Hall–Kier alpha value is -0.690. The van der Waals surface area contributed by atoms with E-state index in [0.717, 1.165) is 0 Å². The molecule has 0 aromatic carbocycles. The summed E-state index contributed by atoms with van der Waals surface area (Å²) < 4.78 is 9.18. The first-order chi connectivity index (χ1) is 6.16. The van der Waals surface area contributed by atoms with E-state index in [1.807, 2.05) is 0 Å². The van der Waals surface area contributed by atoms with Crippen LogP contribution in [-0.2, 0) is 14.3 Å². The van der Waals surface area contributed by atoms with Gasteiger partial charge in [0.15, 0.2) is 0 Å². The lowest BCUT2D eigenvalue weighted by Crippen LogP contribution is -2.40. The van der Waals surface area contributed by atoms with E-state index in [-0.39, 0.29) is 19.7 Å². The van der Waals surface area contributed by atoms with E-state index < -0.39 is 24.4 Å². The monoisotopic (exact) mass is 192 g/mol.